The summed E-state index contributed by atoms with van der Waals surface area (Å²) < 4.78 is 16.1. The molecular formula is C6H10N4O2S. The highest BCUT2D eigenvalue weighted by atomic mass is 32.2. The molecule has 1 aromatic rings. The van der Waals surface area contributed by atoms with Crippen LogP contribution in [0.5, 0.6) is 0 Å². The lowest BCUT2D eigenvalue weighted by Crippen LogP contribution is -2.37. The van der Waals surface area contributed by atoms with E-state index in [0.717, 1.165) is 0 Å². The molecule has 0 saturated carbocycles. The summed E-state index contributed by atoms with van der Waals surface area (Å²) in [5.41, 5.74) is 5.29. The van der Waals surface area contributed by atoms with Gasteiger partial charge in [-0.05, 0) is 0 Å². The molecule has 1 fully saturated rings. The van der Waals surface area contributed by atoms with Gasteiger partial charge in [-0.25, -0.2) is 0 Å². The summed E-state index contributed by atoms with van der Waals surface area (Å²) in [6, 6.07) is 0.496. The molecule has 0 aliphatic carbocycles. The third-order valence-corrected chi connectivity index (χ3v) is 3.15. The van der Waals surface area contributed by atoms with E-state index < -0.39 is 10.8 Å². The fraction of sp³-hybridized carbons (Fsp3) is 0.667. The van der Waals surface area contributed by atoms with Crippen molar-refractivity contribution in [3.63, 3.8) is 0 Å². The Morgan fingerprint density at radius 2 is 2.08 bits per heavy atom. The Morgan fingerprint density at radius 3 is 2.62 bits per heavy atom. The van der Waals surface area contributed by atoms with E-state index in [1.165, 1.54) is 0 Å². The van der Waals surface area contributed by atoms with Crippen LogP contribution in [0.1, 0.15) is 0 Å². The predicted octanol–water partition coefficient (Wildman–Crippen LogP) is -0.780. The maximum atomic E-state index is 11.0. The van der Waals surface area contributed by atoms with E-state index in [2.05, 4.69) is 10.2 Å². The van der Waals surface area contributed by atoms with Crippen LogP contribution in [0.4, 0.5) is 12.0 Å². The standard InChI is InChI=1S/C6H10N4O2S/c7-5-8-9-6(12-5)10-1-3-13(11)4-2-10/h1-4H2,(H2,7,8). The molecule has 1 aliphatic rings. The maximum absolute atomic E-state index is 11.0. The zero-order chi connectivity index (χ0) is 9.26. The molecule has 0 atom stereocenters. The summed E-state index contributed by atoms with van der Waals surface area (Å²) in [7, 11) is -0.691. The predicted molar refractivity (Wildman–Crippen MR) is 48.8 cm³/mol. The molecule has 72 valence electrons. The topological polar surface area (TPSA) is 85.2 Å². The number of rotatable bonds is 1. The van der Waals surface area contributed by atoms with E-state index in [1.807, 2.05) is 4.90 Å². The molecule has 6 nitrogen and oxygen atoms in total. The van der Waals surface area contributed by atoms with Gasteiger partial charge in [0.1, 0.15) is 0 Å². The van der Waals surface area contributed by atoms with Gasteiger partial charge in [-0.3, -0.25) is 4.21 Å². The summed E-state index contributed by atoms with van der Waals surface area (Å²) in [6.07, 6.45) is 0. The number of hydrogen-bond acceptors (Lipinski definition) is 6. The molecule has 0 amide bonds. The number of nitrogens with two attached hydrogens (primary N) is 1. The smallest absolute Gasteiger partial charge is 0.319 e. The second kappa shape index (κ2) is 3.33. The third kappa shape index (κ3) is 1.80. The highest BCUT2D eigenvalue weighted by molar-refractivity contribution is 7.85. The van der Waals surface area contributed by atoms with Gasteiger partial charge in [0.25, 0.3) is 0 Å². The Morgan fingerprint density at radius 1 is 1.38 bits per heavy atom. The zero-order valence-electron chi connectivity index (χ0n) is 6.97. The Labute approximate surface area is 77.6 Å². The van der Waals surface area contributed by atoms with Crippen molar-refractivity contribution < 1.29 is 8.63 Å². The summed E-state index contributed by atoms with van der Waals surface area (Å²) in [6.45, 7) is 1.38. The summed E-state index contributed by atoms with van der Waals surface area (Å²) >= 11 is 0. The molecule has 1 aliphatic heterocycles. The third-order valence-electron chi connectivity index (χ3n) is 1.88. The van der Waals surface area contributed by atoms with Crippen LogP contribution in [0, 0.1) is 0 Å². The number of aromatic nitrogens is 2. The van der Waals surface area contributed by atoms with Crippen LogP contribution in [-0.4, -0.2) is 39.0 Å². The van der Waals surface area contributed by atoms with Crippen molar-refractivity contribution in [1.29, 1.82) is 0 Å². The van der Waals surface area contributed by atoms with E-state index in [1.54, 1.807) is 0 Å². The van der Waals surface area contributed by atoms with Crippen molar-refractivity contribution in [2.45, 2.75) is 0 Å². The van der Waals surface area contributed by atoms with Gasteiger partial charge in [0.2, 0.25) is 0 Å². The Balaban J connectivity index is 2.06. The molecule has 2 heterocycles. The number of hydrogen-bond donors (Lipinski definition) is 1. The van der Waals surface area contributed by atoms with E-state index in [-0.39, 0.29) is 6.01 Å². The van der Waals surface area contributed by atoms with Gasteiger partial charge in [0, 0.05) is 35.4 Å². The maximum Gasteiger partial charge on any atom is 0.319 e. The second-order valence-corrected chi connectivity index (χ2v) is 4.45. The van der Waals surface area contributed by atoms with Crippen LogP contribution >= 0.6 is 0 Å². The van der Waals surface area contributed by atoms with Gasteiger partial charge in [0.05, 0.1) is 0 Å². The first-order chi connectivity index (χ1) is 6.25. The molecule has 7 heteroatoms. The van der Waals surface area contributed by atoms with E-state index >= 15 is 0 Å². The van der Waals surface area contributed by atoms with Crippen molar-refractivity contribution in [3.05, 3.63) is 0 Å². The average molecular weight is 202 g/mol. The van der Waals surface area contributed by atoms with E-state index in [0.29, 0.717) is 30.6 Å². The van der Waals surface area contributed by atoms with Crippen LogP contribution in [0.2, 0.25) is 0 Å². The summed E-state index contributed by atoms with van der Waals surface area (Å²) in [5, 5.41) is 7.30. The first kappa shape index (κ1) is 8.49. The molecule has 2 N–H and O–H groups in total. The first-order valence-corrected chi connectivity index (χ1v) is 5.43. The van der Waals surface area contributed by atoms with Gasteiger partial charge in [0.15, 0.2) is 0 Å². The van der Waals surface area contributed by atoms with Crippen molar-refractivity contribution in [1.82, 2.24) is 10.2 Å². The zero-order valence-corrected chi connectivity index (χ0v) is 7.79. The molecular weight excluding hydrogens is 192 g/mol. The van der Waals surface area contributed by atoms with E-state index in [4.69, 9.17) is 10.2 Å². The monoisotopic (exact) mass is 202 g/mol. The van der Waals surface area contributed by atoms with Gasteiger partial charge in [-0.2, -0.15) is 0 Å². The Bertz CT molecular complexity index is 316. The molecule has 0 bridgehead atoms. The molecule has 0 aromatic carbocycles. The molecule has 0 spiro atoms. The lowest BCUT2D eigenvalue weighted by atomic mass is 10.5. The fourth-order valence-electron chi connectivity index (χ4n) is 1.18. The quantitative estimate of drug-likeness (QED) is 0.643. The Hall–Kier alpha value is -1.11. The summed E-state index contributed by atoms with van der Waals surface area (Å²) in [4.78, 5) is 1.89. The average Bonchev–Trinajstić information content (AvgIpc) is 2.53. The molecule has 2 rings (SSSR count). The minimum absolute atomic E-state index is 0.0710. The van der Waals surface area contributed by atoms with Gasteiger partial charge in [-0.15, -0.1) is 0 Å². The molecule has 0 unspecified atom stereocenters. The van der Waals surface area contributed by atoms with Crippen molar-refractivity contribution in [2.75, 3.05) is 35.2 Å². The lowest BCUT2D eigenvalue weighted by molar-refractivity contribution is 0.551. The lowest BCUT2D eigenvalue weighted by Gasteiger charge is -2.23. The van der Waals surface area contributed by atoms with Crippen LogP contribution in [0.3, 0.4) is 0 Å². The summed E-state index contributed by atoms with van der Waals surface area (Å²) in [5.74, 6) is 1.31. The molecule has 0 radical (unpaired) electrons. The van der Waals surface area contributed by atoms with Crippen LogP contribution in [-0.2, 0) is 10.8 Å². The fourth-order valence-corrected chi connectivity index (χ4v) is 2.24. The minimum atomic E-state index is -0.691. The van der Waals surface area contributed by atoms with Crippen molar-refractivity contribution >= 4 is 22.8 Å². The SMILES string of the molecule is Nc1nnc(N2CCS(=O)CC2)o1. The van der Waals surface area contributed by atoms with Gasteiger partial charge >= 0.3 is 12.0 Å². The Kier molecular flexibility index (Phi) is 2.17. The highest BCUT2D eigenvalue weighted by Crippen LogP contribution is 2.14. The van der Waals surface area contributed by atoms with Crippen molar-refractivity contribution in [3.8, 4) is 0 Å². The molecule has 13 heavy (non-hydrogen) atoms. The number of nitrogens with zero attached hydrogens (tertiary/aromatic N) is 3. The van der Waals surface area contributed by atoms with Gasteiger partial charge < -0.3 is 15.1 Å². The van der Waals surface area contributed by atoms with Gasteiger partial charge in [-0.1, -0.05) is 10.2 Å². The number of nitrogen functional groups attached to an aromatic ring is 1. The molecule has 1 saturated heterocycles. The largest absolute Gasteiger partial charge is 0.390 e. The van der Waals surface area contributed by atoms with Crippen LogP contribution in [0.15, 0.2) is 4.42 Å². The van der Waals surface area contributed by atoms with Crippen molar-refractivity contribution in [2.24, 2.45) is 0 Å². The molecule has 1 aromatic heterocycles. The normalized spacial score (nSPS) is 19.2. The highest BCUT2D eigenvalue weighted by Gasteiger charge is 2.19. The van der Waals surface area contributed by atoms with Crippen LogP contribution in [0.25, 0.3) is 0 Å². The van der Waals surface area contributed by atoms with E-state index in [9.17, 15) is 4.21 Å². The number of anilines is 2. The van der Waals surface area contributed by atoms with Crippen LogP contribution < -0.4 is 10.6 Å². The minimum Gasteiger partial charge on any atom is -0.390 e. The first-order valence-electron chi connectivity index (χ1n) is 3.94. The second-order valence-electron chi connectivity index (χ2n) is 2.76.